The third kappa shape index (κ3) is 4.25. The predicted octanol–water partition coefficient (Wildman–Crippen LogP) is 4.65. The highest BCUT2D eigenvalue weighted by Gasteiger charge is 2.20. The van der Waals surface area contributed by atoms with Gasteiger partial charge in [-0.15, -0.1) is 0 Å². The first-order chi connectivity index (χ1) is 11.5. The second-order valence-corrected chi connectivity index (χ2v) is 7.02. The van der Waals surface area contributed by atoms with Gasteiger partial charge in [0.2, 0.25) is 0 Å². The predicted molar refractivity (Wildman–Crippen MR) is 102 cm³/mol. The number of aliphatic hydroxyl groups excluding tert-OH is 2. The molecular weight excluding hydrogens is 296 g/mol. The Kier molecular flexibility index (Phi) is 6.59. The van der Waals surface area contributed by atoms with Gasteiger partial charge >= 0.3 is 0 Å². The first-order valence-corrected chi connectivity index (χ1v) is 8.85. The molecule has 0 spiro atoms. The van der Waals surface area contributed by atoms with Crippen molar-refractivity contribution in [2.45, 2.75) is 38.5 Å². The van der Waals surface area contributed by atoms with Crippen LogP contribution in [0.25, 0.3) is 0 Å². The van der Waals surface area contributed by atoms with Gasteiger partial charge in [0.15, 0.2) is 0 Å². The van der Waals surface area contributed by atoms with Gasteiger partial charge in [-0.25, -0.2) is 0 Å². The molecule has 0 saturated carbocycles. The molecule has 24 heavy (non-hydrogen) atoms. The lowest BCUT2D eigenvalue weighted by atomic mass is 9.80. The van der Waals surface area contributed by atoms with Crippen LogP contribution in [0.2, 0.25) is 0 Å². The van der Waals surface area contributed by atoms with Crippen LogP contribution in [-0.4, -0.2) is 23.4 Å². The summed E-state index contributed by atoms with van der Waals surface area (Å²) >= 11 is 0. The van der Waals surface area contributed by atoms with Crippen LogP contribution in [-0.2, 0) is 0 Å². The summed E-state index contributed by atoms with van der Waals surface area (Å²) in [5.41, 5.74) is 6.05. The highest BCUT2D eigenvalue weighted by molar-refractivity contribution is 5.62. The zero-order valence-electron chi connectivity index (χ0n) is 14.7. The molecule has 0 aromatic carbocycles. The molecule has 2 heteroatoms. The summed E-state index contributed by atoms with van der Waals surface area (Å²) in [7, 11) is 0. The van der Waals surface area contributed by atoms with Crippen LogP contribution in [0.3, 0.4) is 0 Å². The Labute approximate surface area is 146 Å². The Morgan fingerprint density at radius 2 is 1.17 bits per heavy atom. The molecule has 2 aliphatic carbocycles. The van der Waals surface area contributed by atoms with Crippen molar-refractivity contribution in [2.24, 2.45) is 11.8 Å². The van der Waals surface area contributed by atoms with E-state index in [1.165, 1.54) is 11.1 Å². The number of hydrogen-bond donors (Lipinski definition) is 2. The molecule has 2 unspecified atom stereocenters. The molecule has 0 amide bonds. The minimum Gasteiger partial charge on any atom is -0.396 e. The molecule has 0 aromatic heterocycles. The van der Waals surface area contributed by atoms with Crippen LogP contribution in [0.15, 0.2) is 71.9 Å². The second kappa shape index (κ2) is 8.46. The van der Waals surface area contributed by atoms with Gasteiger partial charge in [-0.2, -0.15) is 0 Å². The Morgan fingerprint density at radius 1 is 0.792 bits per heavy atom. The SMILES string of the molecule is C=C(C(=C)C(=C)C1=CCC(CO)CC1)C(=C)C1=CCC(CO)CC1. The zero-order valence-corrected chi connectivity index (χ0v) is 14.7. The maximum atomic E-state index is 9.25. The maximum absolute atomic E-state index is 9.25. The van der Waals surface area contributed by atoms with Gasteiger partial charge < -0.3 is 10.2 Å². The highest BCUT2D eigenvalue weighted by atomic mass is 16.3. The first kappa shape index (κ1) is 18.7. The van der Waals surface area contributed by atoms with E-state index in [0.717, 1.165) is 60.8 Å². The monoisotopic (exact) mass is 326 g/mol. The maximum Gasteiger partial charge on any atom is 0.0462 e. The van der Waals surface area contributed by atoms with E-state index in [1.807, 2.05) is 0 Å². The lowest BCUT2D eigenvalue weighted by molar-refractivity contribution is 0.216. The fourth-order valence-electron chi connectivity index (χ4n) is 3.41. The molecular formula is C22H30O2. The van der Waals surface area contributed by atoms with E-state index >= 15 is 0 Å². The van der Waals surface area contributed by atoms with Crippen molar-refractivity contribution >= 4 is 0 Å². The number of aliphatic hydroxyl groups is 2. The third-order valence-corrected chi connectivity index (χ3v) is 5.42. The summed E-state index contributed by atoms with van der Waals surface area (Å²) in [4.78, 5) is 0. The zero-order chi connectivity index (χ0) is 17.7. The van der Waals surface area contributed by atoms with Gasteiger partial charge in [0.25, 0.3) is 0 Å². The quantitative estimate of drug-likeness (QED) is 0.669. The van der Waals surface area contributed by atoms with Crippen molar-refractivity contribution in [3.05, 3.63) is 71.9 Å². The Bertz CT molecular complexity index is 549. The van der Waals surface area contributed by atoms with Crippen LogP contribution in [0.4, 0.5) is 0 Å². The molecule has 2 aliphatic rings. The van der Waals surface area contributed by atoms with Crippen molar-refractivity contribution < 1.29 is 10.2 Å². The molecule has 2 atom stereocenters. The topological polar surface area (TPSA) is 40.5 Å². The van der Waals surface area contributed by atoms with Gasteiger partial charge in [-0.05, 0) is 83.8 Å². The standard InChI is InChI=1S/C22H30O2/c1-15(17(3)21-9-5-19(13-23)6-10-21)16(2)18(4)22-11-7-20(14-24)8-12-22/h9,11,19-20,23-24H,1-8,10,12-14H2. The average Bonchev–Trinajstić information content (AvgIpc) is 2.65. The highest BCUT2D eigenvalue weighted by Crippen LogP contribution is 2.37. The molecule has 0 heterocycles. The molecule has 0 fully saturated rings. The molecule has 0 saturated heterocycles. The van der Waals surface area contributed by atoms with E-state index in [0.29, 0.717) is 11.8 Å². The van der Waals surface area contributed by atoms with E-state index in [2.05, 4.69) is 38.5 Å². The summed E-state index contributed by atoms with van der Waals surface area (Å²) in [6.45, 7) is 17.3. The normalized spacial score (nSPS) is 23.9. The minimum atomic E-state index is 0.254. The van der Waals surface area contributed by atoms with Crippen molar-refractivity contribution in [3.8, 4) is 0 Å². The lowest BCUT2D eigenvalue weighted by Gasteiger charge is -2.25. The molecule has 130 valence electrons. The van der Waals surface area contributed by atoms with Crippen LogP contribution in [0, 0.1) is 11.8 Å². The molecule has 0 aliphatic heterocycles. The van der Waals surface area contributed by atoms with Crippen molar-refractivity contribution in [1.29, 1.82) is 0 Å². The van der Waals surface area contributed by atoms with Gasteiger partial charge in [0.1, 0.15) is 0 Å². The van der Waals surface area contributed by atoms with Gasteiger partial charge in [-0.3, -0.25) is 0 Å². The largest absolute Gasteiger partial charge is 0.396 e. The summed E-state index contributed by atoms with van der Waals surface area (Å²) in [6.07, 6.45) is 10.0. The second-order valence-electron chi connectivity index (χ2n) is 7.02. The molecule has 0 bridgehead atoms. The van der Waals surface area contributed by atoms with E-state index in [9.17, 15) is 10.2 Å². The Morgan fingerprint density at radius 3 is 1.42 bits per heavy atom. The lowest BCUT2D eigenvalue weighted by Crippen LogP contribution is -2.12. The molecule has 2 N–H and O–H groups in total. The first-order valence-electron chi connectivity index (χ1n) is 8.85. The van der Waals surface area contributed by atoms with Crippen LogP contribution >= 0.6 is 0 Å². The fraction of sp³-hybridized carbons (Fsp3) is 0.455. The van der Waals surface area contributed by atoms with Crippen molar-refractivity contribution in [1.82, 2.24) is 0 Å². The summed E-state index contributed by atoms with van der Waals surface area (Å²) in [6, 6.07) is 0. The van der Waals surface area contributed by atoms with E-state index < -0.39 is 0 Å². The molecule has 2 rings (SSSR count). The van der Waals surface area contributed by atoms with Gasteiger partial charge in [0, 0.05) is 13.2 Å². The number of rotatable bonds is 7. The number of hydrogen-bond acceptors (Lipinski definition) is 2. The summed E-state index contributed by atoms with van der Waals surface area (Å²) in [5.74, 6) is 0.750. The average molecular weight is 326 g/mol. The summed E-state index contributed by atoms with van der Waals surface area (Å²) < 4.78 is 0. The van der Waals surface area contributed by atoms with E-state index in [-0.39, 0.29) is 13.2 Å². The van der Waals surface area contributed by atoms with Crippen LogP contribution in [0.1, 0.15) is 38.5 Å². The van der Waals surface area contributed by atoms with Gasteiger partial charge in [-0.1, -0.05) is 38.5 Å². The van der Waals surface area contributed by atoms with E-state index in [4.69, 9.17) is 0 Å². The minimum absolute atomic E-state index is 0.254. The fourth-order valence-corrected chi connectivity index (χ4v) is 3.41. The van der Waals surface area contributed by atoms with Crippen LogP contribution in [0.5, 0.6) is 0 Å². The Balaban J connectivity index is 2.00. The van der Waals surface area contributed by atoms with Crippen LogP contribution < -0.4 is 0 Å². The van der Waals surface area contributed by atoms with Gasteiger partial charge in [0.05, 0.1) is 0 Å². The van der Waals surface area contributed by atoms with Crippen molar-refractivity contribution in [2.75, 3.05) is 13.2 Å². The molecule has 2 nitrogen and oxygen atoms in total. The molecule has 0 radical (unpaired) electrons. The molecule has 0 aromatic rings. The van der Waals surface area contributed by atoms with E-state index in [1.54, 1.807) is 0 Å². The Hall–Kier alpha value is -1.64. The van der Waals surface area contributed by atoms with Crippen molar-refractivity contribution in [3.63, 3.8) is 0 Å². The summed E-state index contributed by atoms with van der Waals surface area (Å²) in [5, 5.41) is 18.5. The smallest absolute Gasteiger partial charge is 0.0462 e. The third-order valence-electron chi connectivity index (χ3n) is 5.42. The number of allylic oxidation sites excluding steroid dienone is 8.